The highest BCUT2D eigenvalue weighted by Crippen LogP contribution is 2.03. The first kappa shape index (κ1) is 14.1. The van der Waals surface area contributed by atoms with Crippen molar-refractivity contribution in [3.63, 3.8) is 0 Å². The Morgan fingerprint density at radius 1 is 1.35 bits per heavy atom. The van der Waals surface area contributed by atoms with Crippen molar-refractivity contribution < 1.29 is 5.11 Å². The lowest BCUT2D eigenvalue weighted by Gasteiger charge is -2.23. The summed E-state index contributed by atoms with van der Waals surface area (Å²) in [7, 11) is 0. The van der Waals surface area contributed by atoms with E-state index in [0.717, 1.165) is 19.6 Å². The Morgan fingerprint density at radius 3 is 2.65 bits per heavy atom. The number of aliphatic hydroxyl groups excluding tert-OH is 1. The summed E-state index contributed by atoms with van der Waals surface area (Å²) in [5.74, 6) is 0. The van der Waals surface area contributed by atoms with Gasteiger partial charge >= 0.3 is 0 Å². The zero-order chi connectivity index (χ0) is 12.5. The van der Waals surface area contributed by atoms with Crippen LogP contribution in [-0.4, -0.2) is 47.3 Å². The predicted molar refractivity (Wildman–Crippen MR) is 69.7 cm³/mol. The van der Waals surface area contributed by atoms with Crippen molar-refractivity contribution in [1.29, 1.82) is 0 Å². The number of rotatable bonds is 8. The number of nitrogens with one attached hydrogen (secondary N) is 1. The molecule has 96 valence electrons. The van der Waals surface area contributed by atoms with Crippen molar-refractivity contribution in [1.82, 2.24) is 15.2 Å². The molecule has 0 saturated carbocycles. The topological polar surface area (TPSA) is 48.4 Å². The van der Waals surface area contributed by atoms with E-state index in [0.29, 0.717) is 13.1 Å². The van der Waals surface area contributed by atoms with Crippen molar-refractivity contribution in [3.8, 4) is 0 Å². The minimum absolute atomic E-state index is 0.309. The van der Waals surface area contributed by atoms with Gasteiger partial charge in [-0.1, -0.05) is 13.8 Å². The van der Waals surface area contributed by atoms with Crippen LogP contribution in [0.2, 0.25) is 0 Å². The molecule has 0 saturated heterocycles. The molecule has 0 aliphatic carbocycles. The maximum atomic E-state index is 9.84. The first-order valence-electron chi connectivity index (χ1n) is 6.26. The van der Waals surface area contributed by atoms with Gasteiger partial charge in [0, 0.05) is 32.0 Å². The number of nitrogens with zero attached hydrogens (tertiary/aromatic N) is 2. The summed E-state index contributed by atoms with van der Waals surface area (Å²) in [6.07, 6.45) is 3.30. The number of likely N-dealkylation sites (N-methyl/N-ethyl adjacent to an activating group) is 2. The first-order chi connectivity index (χ1) is 8.26. The van der Waals surface area contributed by atoms with E-state index in [1.807, 2.05) is 19.1 Å². The van der Waals surface area contributed by atoms with E-state index in [1.54, 1.807) is 12.4 Å². The van der Waals surface area contributed by atoms with Gasteiger partial charge in [0.25, 0.3) is 0 Å². The first-order valence-corrected chi connectivity index (χ1v) is 6.26. The normalized spacial score (nSPS) is 12.9. The van der Waals surface area contributed by atoms with E-state index >= 15 is 0 Å². The van der Waals surface area contributed by atoms with Crippen LogP contribution < -0.4 is 5.32 Å². The molecule has 0 aliphatic heterocycles. The molecule has 1 heterocycles. The molecule has 1 rings (SSSR count). The minimum Gasteiger partial charge on any atom is -0.390 e. The van der Waals surface area contributed by atoms with Crippen molar-refractivity contribution in [3.05, 3.63) is 30.1 Å². The highest BCUT2D eigenvalue weighted by molar-refractivity contribution is 5.09. The van der Waals surface area contributed by atoms with Gasteiger partial charge < -0.3 is 10.4 Å². The maximum absolute atomic E-state index is 9.84. The molecule has 1 aromatic rings. The molecule has 1 aromatic heterocycles. The Labute approximate surface area is 104 Å². The molecule has 0 bridgehead atoms. The fourth-order valence-corrected chi connectivity index (χ4v) is 1.73. The van der Waals surface area contributed by atoms with Gasteiger partial charge in [-0.25, -0.2) is 0 Å². The fraction of sp³-hybridized carbons (Fsp3) is 0.615. The quantitative estimate of drug-likeness (QED) is 0.704. The van der Waals surface area contributed by atoms with Crippen LogP contribution in [0.15, 0.2) is 24.5 Å². The predicted octanol–water partition coefficient (Wildman–Crippen LogP) is 0.874. The highest BCUT2D eigenvalue weighted by Gasteiger charge is 2.10. The van der Waals surface area contributed by atoms with E-state index < -0.39 is 0 Å². The molecule has 17 heavy (non-hydrogen) atoms. The number of hydrogen-bond acceptors (Lipinski definition) is 4. The van der Waals surface area contributed by atoms with E-state index in [4.69, 9.17) is 0 Å². The lowest BCUT2D eigenvalue weighted by atomic mass is 10.2. The summed E-state index contributed by atoms with van der Waals surface area (Å²) in [5.41, 5.74) is 1.23. The molecule has 0 spiro atoms. The summed E-state index contributed by atoms with van der Waals surface area (Å²) in [4.78, 5) is 6.24. The molecular weight excluding hydrogens is 214 g/mol. The molecule has 0 aromatic carbocycles. The zero-order valence-corrected chi connectivity index (χ0v) is 10.8. The van der Waals surface area contributed by atoms with Crippen LogP contribution in [0.3, 0.4) is 0 Å². The molecule has 0 amide bonds. The van der Waals surface area contributed by atoms with Gasteiger partial charge in [0.05, 0.1) is 6.10 Å². The van der Waals surface area contributed by atoms with Gasteiger partial charge in [-0.15, -0.1) is 0 Å². The number of pyridine rings is 1. The zero-order valence-electron chi connectivity index (χ0n) is 10.8. The Bertz CT molecular complexity index is 292. The van der Waals surface area contributed by atoms with Crippen molar-refractivity contribution >= 4 is 0 Å². The second kappa shape index (κ2) is 8.17. The van der Waals surface area contributed by atoms with Crippen LogP contribution in [-0.2, 0) is 6.54 Å². The van der Waals surface area contributed by atoms with E-state index in [1.165, 1.54) is 5.56 Å². The summed E-state index contributed by atoms with van der Waals surface area (Å²) in [6, 6.07) is 4.03. The van der Waals surface area contributed by atoms with Gasteiger partial charge in [-0.3, -0.25) is 9.88 Å². The molecule has 1 atom stereocenters. The third-order valence-electron chi connectivity index (χ3n) is 2.70. The van der Waals surface area contributed by atoms with Crippen molar-refractivity contribution in [2.24, 2.45) is 0 Å². The Kier molecular flexibility index (Phi) is 6.77. The number of aliphatic hydroxyl groups is 1. The third kappa shape index (κ3) is 5.77. The molecule has 4 heteroatoms. The fourth-order valence-electron chi connectivity index (χ4n) is 1.73. The SMILES string of the molecule is CCNCC(O)CN(CC)Cc1ccncc1. The standard InChI is InChI=1S/C13H23N3O/c1-3-14-9-13(17)11-16(4-2)10-12-5-7-15-8-6-12/h5-8,13-14,17H,3-4,9-11H2,1-2H3. The second-order valence-corrected chi connectivity index (χ2v) is 4.14. The van der Waals surface area contributed by atoms with Crippen LogP contribution in [0.25, 0.3) is 0 Å². The second-order valence-electron chi connectivity index (χ2n) is 4.14. The van der Waals surface area contributed by atoms with Gasteiger partial charge in [-0.05, 0) is 30.8 Å². The van der Waals surface area contributed by atoms with Gasteiger partial charge in [0.2, 0.25) is 0 Å². The van der Waals surface area contributed by atoms with Crippen LogP contribution in [0.1, 0.15) is 19.4 Å². The van der Waals surface area contributed by atoms with E-state index in [2.05, 4.69) is 22.1 Å². The van der Waals surface area contributed by atoms with Gasteiger partial charge in [0.1, 0.15) is 0 Å². The Hall–Kier alpha value is -0.970. The van der Waals surface area contributed by atoms with Crippen LogP contribution in [0.5, 0.6) is 0 Å². The highest BCUT2D eigenvalue weighted by atomic mass is 16.3. The van der Waals surface area contributed by atoms with Crippen molar-refractivity contribution in [2.45, 2.75) is 26.5 Å². The largest absolute Gasteiger partial charge is 0.390 e. The smallest absolute Gasteiger partial charge is 0.0791 e. The molecule has 4 nitrogen and oxygen atoms in total. The number of aromatic nitrogens is 1. The molecule has 0 fully saturated rings. The number of hydrogen-bond donors (Lipinski definition) is 2. The van der Waals surface area contributed by atoms with Crippen LogP contribution in [0, 0.1) is 0 Å². The minimum atomic E-state index is -0.309. The van der Waals surface area contributed by atoms with Gasteiger partial charge in [0.15, 0.2) is 0 Å². The summed E-state index contributed by atoms with van der Waals surface area (Å²) in [5, 5.41) is 13.0. The Balaban J connectivity index is 2.38. The molecule has 0 radical (unpaired) electrons. The maximum Gasteiger partial charge on any atom is 0.0791 e. The van der Waals surface area contributed by atoms with Crippen LogP contribution in [0.4, 0.5) is 0 Å². The van der Waals surface area contributed by atoms with Crippen LogP contribution >= 0.6 is 0 Å². The monoisotopic (exact) mass is 237 g/mol. The average molecular weight is 237 g/mol. The van der Waals surface area contributed by atoms with E-state index in [-0.39, 0.29) is 6.10 Å². The van der Waals surface area contributed by atoms with Gasteiger partial charge in [-0.2, -0.15) is 0 Å². The molecule has 0 aliphatic rings. The van der Waals surface area contributed by atoms with Crippen molar-refractivity contribution in [2.75, 3.05) is 26.2 Å². The summed E-state index contributed by atoms with van der Waals surface area (Å²) < 4.78 is 0. The van der Waals surface area contributed by atoms with E-state index in [9.17, 15) is 5.11 Å². The molecule has 1 unspecified atom stereocenters. The lowest BCUT2D eigenvalue weighted by Crippen LogP contribution is -2.38. The third-order valence-corrected chi connectivity index (χ3v) is 2.70. The average Bonchev–Trinajstić information content (AvgIpc) is 2.36. The summed E-state index contributed by atoms with van der Waals surface area (Å²) in [6.45, 7) is 8.21. The lowest BCUT2D eigenvalue weighted by molar-refractivity contribution is 0.111. The summed E-state index contributed by atoms with van der Waals surface area (Å²) >= 11 is 0. The molecular formula is C13H23N3O. The molecule has 2 N–H and O–H groups in total. The Morgan fingerprint density at radius 2 is 2.06 bits per heavy atom.